The summed E-state index contributed by atoms with van der Waals surface area (Å²) >= 11 is 3.76. The van der Waals surface area contributed by atoms with Crippen molar-refractivity contribution in [3.63, 3.8) is 0 Å². The van der Waals surface area contributed by atoms with Gasteiger partial charge in [0.2, 0.25) is 0 Å². The van der Waals surface area contributed by atoms with Crippen LogP contribution in [0.3, 0.4) is 0 Å². The fraction of sp³-hybridized carbons (Fsp3) is 0.647. The van der Waals surface area contributed by atoms with Gasteiger partial charge in [-0.2, -0.15) is 0 Å². The third kappa shape index (κ3) is 4.44. The summed E-state index contributed by atoms with van der Waals surface area (Å²) in [6, 6.07) is 7.19. The average molecular weight is 355 g/mol. The summed E-state index contributed by atoms with van der Waals surface area (Å²) < 4.78 is 6.98. The van der Waals surface area contributed by atoms with E-state index in [1.54, 1.807) is 0 Å². The van der Waals surface area contributed by atoms with E-state index in [0.29, 0.717) is 12.1 Å². The van der Waals surface area contributed by atoms with E-state index >= 15 is 0 Å². The van der Waals surface area contributed by atoms with E-state index in [4.69, 9.17) is 4.74 Å². The highest BCUT2D eigenvalue weighted by atomic mass is 79.9. The molecule has 1 fully saturated rings. The van der Waals surface area contributed by atoms with Crippen molar-refractivity contribution in [3.8, 4) is 0 Å². The van der Waals surface area contributed by atoms with E-state index in [2.05, 4.69) is 65.1 Å². The summed E-state index contributed by atoms with van der Waals surface area (Å²) in [6.45, 7) is 10.4. The minimum atomic E-state index is 0.297. The highest BCUT2D eigenvalue weighted by molar-refractivity contribution is 9.10. The average Bonchev–Trinajstić information content (AvgIpc) is 2.48. The van der Waals surface area contributed by atoms with Crippen molar-refractivity contribution in [3.05, 3.63) is 28.2 Å². The van der Waals surface area contributed by atoms with Crippen LogP contribution in [0.5, 0.6) is 0 Å². The number of rotatable bonds is 6. The Kier molecular flexibility index (Phi) is 6.52. The molecule has 1 aliphatic heterocycles. The lowest BCUT2D eigenvalue weighted by Crippen LogP contribution is -2.48. The normalized spacial score (nSPS) is 22.6. The fourth-order valence-electron chi connectivity index (χ4n) is 2.78. The summed E-state index contributed by atoms with van der Waals surface area (Å²) in [5.74, 6) is 0. The number of hydrogen-bond donors (Lipinski definition) is 1. The molecular formula is C17H27BrN2O. The summed E-state index contributed by atoms with van der Waals surface area (Å²) in [5, 5.41) is 3.45. The van der Waals surface area contributed by atoms with Gasteiger partial charge in [-0.05, 0) is 59.9 Å². The third-order valence-electron chi connectivity index (χ3n) is 4.02. The van der Waals surface area contributed by atoms with Crippen LogP contribution in [0, 0.1) is 0 Å². The first-order valence-corrected chi connectivity index (χ1v) is 8.82. The lowest BCUT2D eigenvalue weighted by atomic mass is 10.1. The molecule has 0 aromatic heterocycles. The Morgan fingerprint density at radius 3 is 2.86 bits per heavy atom. The van der Waals surface area contributed by atoms with Crippen LogP contribution in [0.15, 0.2) is 22.7 Å². The molecule has 21 heavy (non-hydrogen) atoms. The standard InChI is InChI=1S/C17H27BrN2O/c1-4-8-19-10-14-6-7-17(16(18)9-14)20-11-13(3)21-12-15(20)5-2/h6-7,9,13,15,19H,4-5,8,10-12H2,1-3H3. The van der Waals surface area contributed by atoms with Gasteiger partial charge >= 0.3 is 0 Å². The molecule has 0 spiro atoms. The predicted molar refractivity (Wildman–Crippen MR) is 93.0 cm³/mol. The van der Waals surface area contributed by atoms with Crippen LogP contribution in [0.1, 0.15) is 39.2 Å². The Bertz CT molecular complexity index is 452. The van der Waals surface area contributed by atoms with Crippen LogP contribution in [-0.2, 0) is 11.3 Å². The van der Waals surface area contributed by atoms with Gasteiger partial charge in [0.1, 0.15) is 0 Å². The van der Waals surface area contributed by atoms with E-state index in [-0.39, 0.29) is 0 Å². The predicted octanol–water partition coefficient (Wildman–Crippen LogP) is 3.95. The monoisotopic (exact) mass is 354 g/mol. The van der Waals surface area contributed by atoms with Gasteiger partial charge in [0.15, 0.2) is 0 Å². The second-order valence-electron chi connectivity index (χ2n) is 5.82. The molecule has 2 atom stereocenters. The minimum absolute atomic E-state index is 0.297. The highest BCUT2D eigenvalue weighted by Gasteiger charge is 2.26. The maximum atomic E-state index is 5.80. The molecule has 1 aromatic carbocycles. The van der Waals surface area contributed by atoms with E-state index in [9.17, 15) is 0 Å². The molecule has 2 rings (SSSR count). The minimum Gasteiger partial charge on any atom is -0.375 e. The van der Waals surface area contributed by atoms with E-state index in [1.807, 2.05) is 0 Å². The molecule has 0 saturated carbocycles. The van der Waals surface area contributed by atoms with Gasteiger partial charge in [-0.15, -0.1) is 0 Å². The van der Waals surface area contributed by atoms with Gasteiger partial charge < -0.3 is 15.0 Å². The fourth-order valence-corrected chi connectivity index (χ4v) is 3.43. The second kappa shape index (κ2) is 8.16. The van der Waals surface area contributed by atoms with Crippen molar-refractivity contribution >= 4 is 21.6 Å². The molecule has 1 heterocycles. The van der Waals surface area contributed by atoms with Gasteiger partial charge in [-0.25, -0.2) is 0 Å². The van der Waals surface area contributed by atoms with Crippen LogP contribution in [0.4, 0.5) is 5.69 Å². The first kappa shape index (κ1) is 16.8. The molecular weight excluding hydrogens is 328 g/mol. The van der Waals surface area contributed by atoms with Crippen molar-refractivity contribution in [2.75, 3.05) is 24.6 Å². The van der Waals surface area contributed by atoms with Gasteiger partial charge in [-0.1, -0.05) is 19.9 Å². The lowest BCUT2D eigenvalue weighted by molar-refractivity contribution is 0.0299. The quantitative estimate of drug-likeness (QED) is 0.782. The molecule has 0 amide bonds. The lowest BCUT2D eigenvalue weighted by Gasteiger charge is -2.40. The van der Waals surface area contributed by atoms with Crippen LogP contribution >= 0.6 is 15.9 Å². The Labute approximate surface area is 137 Å². The van der Waals surface area contributed by atoms with Crippen molar-refractivity contribution in [1.29, 1.82) is 0 Å². The van der Waals surface area contributed by atoms with Crippen LogP contribution < -0.4 is 10.2 Å². The SMILES string of the molecule is CCCNCc1ccc(N2CC(C)OCC2CC)c(Br)c1. The van der Waals surface area contributed by atoms with Gasteiger partial charge in [-0.3, -0.25) is 0 Å². The third-order valence-corrected chi connectivity index (χ3v) is 4.65. The number of halogens is 1. The van der Waals surface area contributed by atoms with Crippen molar-refractivity contribution < 1.29 is 4.74 Å². The zero-order valence-corrected chi connectivity index (χ0v) is 14.9. The number of hydrogen-bond acceptors (Lipinski definition) is 3. The smallest absolute Gasteiger partial charge is 0.0723 e. The Morgan fingerprint density at radius 1 is 1.38 bits per heavy atom. The molecule has 1 aromatic rings. The summed E-state index contributed by atoms with van der Waals surface area (Å²) in [5.41, 5.74) is 2.62. The van der Waals surface area contributed by atoms with E-state index in [0.717, 1.165) is 32.7 Å². The van der Waals surface area contributed by atoms with Crippen LogP contribution in [0.2, 0.25) is 0 Å². The van der Waals surface area contributed by atoms with Crippen LogP contribution in [-0.4, -0.2) is 31.8 Å². The van der Waals surface area contributed by atoms with Crippen molar-refractivity contribution in [2.24, 2.45) is 0 Å². The molecule has 1 N–H and O–H groups in total. The molecule has 2 unspecified atom stereocenters. The zero-order chi connectivity index (χ0) is 15.2. The van der Waals surface area contributed by atoms with Crippen molar-refractivity contribution in [1.82, 2.24) is 5.32 Å². The van der Waals surface area contributed by atoms with Gasteiger partial charge in [0.05, 0.1) is 24.4 Å². The zero-order valence-electron chi connectivity index (χ0n) is 13.4. The largest absolute Gasteiger partial charge is 0.375 e. The number of morpholine rings is 1. The van der Waals surface area contributed by atoms with Crippen LogP contribution in [0.25, 0.3) is 0 Å². The maximum absolute atomic E-state index is 5.80. The molecule has 118 valence electrons. The summed E-state index contributed by atoms with van der Waals surface area (Å²) in [6.07, 6.45) is 2.58. The maximum Gasteiger partial charge on any atom is 0.0723 e. The molecule has 1 saturated heterocycles. The molecule has 1 aliphatic rings. The summed E-state index contributed by atoms with van der Waals surface area (Å²) in [4.78, 5) is 2.49. The van der Waals surface area contributed by atoms with Gasteiger partial charge in [0.25, 0.3) is 0 Å². The molecule has 0 bridgehead atoms. The molecule has 3 nitrogen and oxygen atoms in total. The Morgan fingerprint density at radius 2 is 2.19 bits per heavy atom. The van der Waals surface area contributed by atoms with E-state index in [1.165, 1.54) is 22.1 Å². The Balaban J connectivity index is 2.11. The van der Waals surface area contributed by atoms with Crippen molar-refractivity contribution in [2.45, 2.75) is 52.3 Å². The molecule has 0 aliphatic carbocycles. The molecule has 4 heteroatoms. The van der Waals surface area contributed by atoms with E-state index < -0.39 is 0 Å². The highest BCUT2D eigenvalue weighted by Crippen LogP contribution is 2.31. The number of nitrogens with one attached hydrogen (secondary N) is 1. The summed E-state index contributed by atoms with van der Waals surface area (Å²) in [7, 11) is 0. The first-order chi connectivity index (χ1) is 10.2. The first-order valence-electron chi connectivity index (χ1n) is 8.03. The molecule has 0 radical (unpaired) electrons. The number of ether oxygens (including phenoxy) is 1. The number of nitrogens with zero attached hydrogens (tertiary/aromatic N) is 1. The topological polar surface area (TPSA) is 24.5 Å². The van der Waals surface area contributed by atoms with Gasteiger partial charge in [0, 0.05) is 17.6 Å². The number of anilines is 1. The number of benzene rings is 1. The Hall–Kier alpha value is -0.580. The second-order valence-corrected chi connectivity index (χ2v) is 6.68.